The number of rotatable bonds is 1. The van der Waals surface area contributed by atoms with E-state index in [4.69, 9.17) is 0 Å². The van der Waals surface area contributed by atoms with Gasteiger partial charge in [0.1, 0.15) is 11.3 Å². The lowest BCUT2D eigenvalue weighted by atomic mass is 10.1. The highest BCUT2D eigenvalue weighted by Crippen LogP contribution is 2.22. The molecule has 0 radical (unpaired) electrons. The van der Waals surface area contributed by atoms with E-state index in [1.807, 2.05) is 39.0 Å². The number of aromatic amines is 1. The second-order valence-electron chi connectivity index (χ2n) is 5.14. The summed E-state index contributed by atoms with van der Waals surface area (Å²) in [6.07, 6.45) is 0. The quantitative estimate of drug-likeness (QED) is 0.736. The molecule has 0 amide bonds. The minimum Gasteiger partial charge on any atom is -0.305 e. The molecule has 5 nitrogen and oxygen atoms in total. The number of hydrogen-bond donors (Lipinski definition) is 1. The highest BCUT2D eigenvalue weighted by atomic mass is 16.1. The highest BCUT2D eigenvalue weighted by Gasteiger charge is 2.14. The highest BCUT2D eigenvalue weighted by molar-refractivity contribution is 5.79. The third kappa shape index (κ3) is 1.82. The Hall–Kier alpha value is -2.43. The van der Waals surface area contributed by atoms with Gasteiger partial charge in [-0.25, -0.2) is 4.98 Å². The van der Waals surface area contributed by atoms with Crippen molar-refractivity contribution in [2.75, 3.05) is 0 Å². The van der Waals surface area contributed by atoms with Crippen LogP contribution >= 0.6 is 0 Å². The Morgan fingerprint density at radius 1 is 1.20 bits per heavy atom. The summed E-state index contributed by atoms with van der Waals surface area (Å²) in [6.45, 7) is 5.89. The number of aromatic nitrogens is 4. The summed E-state index contributed by atoms with van der Waals surface area (Å²) in [7, 11) is 1.75. The summed E-state index contributed by atoms with van der Waals surface area (Å²) in [5.74, 6) is 0.597. The average molecular weight is 268 g/mol. The fraction of sp³-hybridized carbons (Fsp3) is 0.267. The van der Waals surface area contributed by atoms with E-state index in [2.05, 4.69) is 15.1 Å². The zero-order valence-electron chi connectivity index (χ0n) is 12.0. The minimum absolute atomic E-state index is 0.158. The SMILES string of the molecule is Cc1ccc(C)c(-c2nc3c(C)nn(C)c3c(=O)[nH]2)c1. The standard InChI is InChI=1S/C15H16N4O/c1-8-5-6-9(2)11(7-8)14-16-12-10(3)18-19(4)13(12)15(20)17-14/h5-7H,1-4H3,(H,16,17,20). The number of fused-ring (bicyclic) bond motifs is 1. The molecule has 0 unspecified atom stereocenters. The Morgan fingerprint density at radius 2 is 1.95 bits per heavy atom. The molecule has 1 aromatic carbocycles. The van der Waals surface area contributed by atoms with Crippen molar-refractivity contribution < 1.29 is 0 Å². The largest absolute Gasteiger partial charge is 0.305 e. The topological polar surface area (TPSA) is 63.6 Å². The van der Waals surface area contributed by atoms with Crippen molar-refractivity contribution >= 4 is 11.0 Å². The van der Waals surface area contributed by atoms with Crippen molar-refractivity contribution in [1.82, 2.24) is 19.7 Å². The van der Waals surface area contributed by atoms with Crippen LogP contribution in [0.5, 0.6) is 0 Å². The molecule has 0 spiro atoms. The molecule has 0 atom stereocenters. The molecule has 20 heavy (non-hydrogen) atoms. The van der Waals surface area contributed by atoms with E-state index in [9.17, 15) is 4.79 Å². The molecular weight excluding hydrogens is 252 g/mol. The van der Waals surface area contributed by atoms with Gasteiger partial charge in [0.25, 0.3) is 5.56 Å². The maximum Gasteiger partial charge on any atom is 0.277 e. The van der Waals surface area contributed by atoms with Gasteiger partial charge in [-0.05, 0) is 32.4 Å². The molecule has 2 aromatic heterocycles. The third-order valence-corrected chi connectivity index (χ3v) is 3.51. The third-order valence-electron chi connectivity index (χ3n) is 3.51. The van der Waals surface area contributed by atoms with Crippen LogP contribution in [-0.4, -0.2) is 19.7 Å². The first-order chi connectivity index (χ1) is 9.47. The van der Waals surface area contributed by atoms with Crippen molar-refractivity contribution in [2.45, 2.75) is 20.8 Å². The van der Waals surface area contributed by atoms with Gasteiger partial charge < -0.3 is 4.98 Å². The Kier molecular flexibility index (Phi) is 2.71. The van der Waals surface area contributed by atoms with Crippen LogP contribution in [0.25, 0.3) is 22.4 Å². The van der Waals surface area contributed by atoms with Crippen LogP contribution in [0, 0.1) is 20.8 Å². The monoisotopic (exact) mass is 268 g/mol. The van der Waals surface area contributed by atoms with Crippen LogP contribution in [0.3, 0.4) is 0 Å². The summed E-state index contributed by atoms with van der Waals surface area (Å²) in [6, 6.07) is 6.11. The van der Waals surface area contributed by atoms with Crippen LogP contribution in [-0.2, 0) is 7.05 Å². The first-order valence-electron chi connectivity index (χ1n) is 6.48. The molecule has 0 bridgehead atoms. The maximum atomic E-state index is 12.2. The molecule has 0 aliphatic rings. The van der Waals surface area contributed by atoms with Gasteiger partial charge in [0, 0.05) is 12.6 Å². The zero-order valence-corrected chi connectivity index (χ0v) is 12.0. The van der Waals surface area contributed by atoms with Gasteiger partial charge in [-0.15, -0.1) is 0 Å². The lowest BCUT2D eigenvalue weighted by molar-refractivity contribution is 0.779. The molecule has 0 saturated heterocycles. The van der Waals surface area contributed by atoms with Gasteiger partial charge >= 0.3 is 0 Å². The van der Waals surface area contributed by atoms with E-state index in [0.29, 0.717) is 16.9 Å². The Bertz CT molecular complexity index is 873. The van der Waals surface area contributed by atoms with Gasteiger partial charge in [-0.1, -0.05) is 17.7 Å². The van der Waals surface area contributed by atoms with Crippen LogP contribution in [0.15, 0.2) is 23.0 Å². The van der Waals surface area contributed by atoms with Gasteiger partial charge in [0.2, 0.25) is 0 Å². The van der Waals surface area contributed by atoms with Crippen molar-refractivity contribution in [3.8, 4) is 11.4 Å². The molecule has 3 aromatic rings. The van der Waals surface area contributed by atoms with Crippen LogP contribution in [0.4, 0.5) is 0 Å². The normalized spacial score (nSPS) is 11.2. The smallest absolute Gasteiger partial charge is 0.277 e. The first kappa shape index (κ1) is 12.6. The van der Waals surface area contributed by atoms with E-state index in [1.54, 1.807) is 11.7 Å². The lowest BCUT2D eigenvalue weighted by Crippen LogP contribution is -2.12. The zero-order chi connectivity index (χ0) is 14.4. The van der Waals surface area contributed by atoms with Gasteiger partial charge in [0.15, 0.2) is 5.52 Å². The average Bonchev–Trinajstić information content (AvgIpc) is 2.68. The summed E-state index contributed by atoms with van der Waals surface area (Å²) >= 11 is 0. The predicted molar refractivity (Wildman–Crippen MR) is 78.8 cm³/mol. The predicted octanol–water partition coefficient (Wildman–Crippen LogP) is 2.25. The fourth-order valence-corrected chi connectivity index (χ4v) is 2.46. The van der Waals surface area contributed by atoms with Gasteiger partial charge in [0.05, 0.1) is 5.69 Å². The molecule has 0 saturated carbocycles. The molecule has 0 aliphatic carbocycles. The molecule has 1 N–H and O–H groups in total. The molecule has 0 aliphatic heterocycles. The Morgan fingerprint density at radius 3 is 2.70 bits per heavy atom. The molecule has 3 rings (SSSR count). The fourth-order valence-electron chi connectivity index (χ4n) is 2.46. The van der Waals surface area contributed by atoms with E-state index in [1.165, 1.54) is 0 Å². The van der Waals surface area contributed by atoms with Crippen molar-refractivity contribution in [2.24, 2.45) is 7.05 Å². The Balaban J connectivity index is 2.36. The maximum absolute atomic E-state index is 12.2. The molecule has 102 valence electrons. The number of H-pyrrole nitrogens is 1. The number of nitrogens with zero attached hydrogens (tertiary/aromatic N) is 3. The summed E-state index contributed by atoms with van der Waals surface area (Å²) in [4.78, 5) is 19.7. The summed E-state index contributed by atoms with van der Waals surface area (Å²) in [5, 5.41) is 4.26. The van der Waals surface area contributed by atoms with Crippen LogP contribution in [0.2, 0.25) is 0 Å². The number of nitrogens with one attached hydrogen (secondary N) is 1. The summed E-state index contributed by atoms with van der Waals surface area (Å²) < 4.78 is 1.57. The first-order valence-corrected chi connectivity index (χ1v) is 6.48. The molecule has 5 heteroatoms. The van der Waals surface area contributed by atoms with Crippen LogP contribution < -0.4 is 5.56 Å². The van der Waals surface area contributed by atoms with E-state index in [0.717, 1.165) is 22.4 Å². The van der Waals surface area contributed by atoms with Gasteiger partial charge in [-0.3, -0.25) is 9.48 Å². The van der Waals surface area contributed by atoms with Crippen molar-refractivity contribution in [1.29, 1.82) is 0 Å². The van der Waals surface area contributed by atoms with E-state index >= 15 is 0 Å². The van der Waals surface area contributed by atoms with Crippen molar-refractivity contribution in [3.05, 3.63) is 45.4 Å². The van der Waals surface area contributed by atoms with Crippen LogP contribution in [0.1, 0.15) is 16.8 Å². The van der Waals surface area contributed by atoms with Crippen molar-refractivity contribution in [3.63, 3.8) is 0 Å². The second-order valence-corrected chi connectivity index (χ2v) is 5.14. The molecule has 0 fully saturated rings. The number of benzene rings is 1. The molecular formula is C15H16N4O. The summed E-state index contributed by atoms with van der Waals surface area (Å²) in [5.41, 5.74) is 4.95. The Labute approximate surface area is 116 Å². The number of aryl methyl sites for hydroxylation is 4. The lowest BCUT2D eigenvalue weighted by Gasteiger charge is -2.06. The van der Waals surface area contributed by atoms with E-state index in [-0.39, 0.29) is 5.56 Å². The van der Waals surface area contributed by atoms with E-state index < -0.39 is 0 Å². The molecule has 2 heterocycles. The van der Waals surface area contributed by atoms with Gasteiger partial charge in [-0.2, -0.15) is 5.10 Å². The minimum atomic E-state index is -0.158. The second kappa shape index (κ2) is 4.30. The number of hydrogen-bond acceptors (Lipinski definition) is 3.